The maximum Gasteiger partial charge on any atom is 0.234 e. The molecule has 2 N–H and O–H groups in total. The zero-order chi connectivity index (χ0) is 19.8. The van der Waals surface area contributed by atoms with Gasteiger partial charge in [0.15, 0.2) is 4.34 Å². The Labute approximate surface area is 178 Å². The first-order chi connectivity index (χ1) is 14.1. The molecule has 152 valence electrons. The van der Waals surface area contributed by atoms with Crippen LogP contribution in [0, 0.1) is 23.2 Å². The largest absolute Gasteiger partial charge is 0.325 e. The van der Waals surface area contributed by atoms with Gasteiger partial charge in [-0.05, 0) is 68.4 Å². The number of hydrogen-bond acceptors (Lipinski definition) is 6. The summed E-state index contributed by atoms with van der Waals surface area (Å²) in [5, 5.41) is 14.7. The maximum atomic E-state index is 13.1. The van der Waals surface area contributed by atoms with Gasteiger partial charge in [-0.2, -0.15) is 0 Å². The Morgan fingerprint density at radius 3 is 2.31 bits per heavy atom. The van der Waals surface area contributed by atoms with Crippen LogP contribution in [0.4, 0.5) is 10.8 Å². The van der Waals surface area contributed by atoms with Gasteiger partial charge in [0.25, 0.3) is 0 Å². The van der Waals surface area contributed by atoms with E-state index in [0.717, 1.165) is 42.7 Å². The molecular weight excluding hydrogens is 404 g/mol. The lowest BCUT2D eigenvalue weighted by molar-refractivity contribution is -0.140. The van der Waals surface area contributed by atoms with Crippen LogP contribution in [0.1, 0.15) is 38.5 Å². The summed E-state index contributed by atoms with van der Waals surface area (Å²) in [5.41, 5.74) is 0.586. The lowest BCUT2D eigenvalue weighted by Crippen LogP contribution is -2.51. The Morgan fingerprint density at radius 2 is 1.66 bits per heavy atom. The smallest absolute Gasteiger partial charge is 0.234 e. The molecule has 6 nitrogen and oxygen atoms in total. The van der Waals surface area contributed by atoms with Crippen LogP contribution < -0.4 is 10.6 Å². The van der Waals surface area contributed by atoms with Gasteiger partial charge in [0.2, 0.25) is 16.9 Å². The number of amides is 2. The third-order valence-corrected chi connectivity index (χ3v) is 8.50. The molecule has 4 saturated carbocycles. The predicted molar refractivity (Wildman–Crippen MR) is 115 cm³/mol. The first-order valence-corrected chi connectivity index (χ1v) is 12.0. The molecule has 1 heterocycles. The molecule has 0 spiro atoms. The Hall–Kier alpha value is -1.93. The molecule has 0 saturated heterocycles. The van der Waals surface area contributed by atoms with Gasteiger partial charge in [-0.1, -0.05) is 41.3 Å². The molecule has 2 amide bonds. The Kier molecular flexibility index (Phi) is 5.07. The Bertz CT molecular complexity index is 879. The average Bonchev–Trinajstić information content (AvgIpc) is 3.13. The van der Waals surface area contributed by atoms with E-state index in [1.54, 1.807) is 0 Å². The van der Waals surface area contributed by atoms with E-state index < -0.39 is 0 Å². The van der Waals surface area contributed by atoms with E-state index in [1.807, 2.05) is 30.3 Å². The van der Waals surface area contributed by atoms with E-state index in [9.17, 15) is 9.59 Å². The standard InChI is InChI=1S/C21H24N4O2S2/c26-17(22-16-4-2-1-3-5-16)12-28-20-25-24-19(29-20)23-18(27)21-9-13-6-14(10-21)8-15(7-13)11-21/h1-5,13-15H,6-12H2,(H,22,26)(H,23,24,27). The fraction of sp³-hybridized carbons (Fsp3) is 0.524. The van der Waals surface area contributed by atoms with Crippen molar-refractivity contribution in [2.45, 2.75) is 42.9 Å². The second-order valence-corrected chi connectivity index (χ2v) is 10.9. The summed E-state index contributed by atoms with van der Waals surface area (Å²) in [6.45, 7) is 0. The van der Waals surface area contributed by atoms with Crippen LogP contribution in [0.3, 0.4) is 0 Å². The highest BCUT2D eigenvalue weighted by Gasteiger charge is 2.54. The lowest BCUT2D eigenvalue weighted by atomic mass is 9.49. The van der Waals surface area contributed by atoms with Gasteiger partial charge < -0.3 is 10.6 Å². The normalized spacial score (nSPS) is 29.6. The van der Waals surface area contributed by atoms with E-state index in [-0.39, 0.29) is 23.0 Å². The molecule has 4 fully saturated rings. The third-order valence-electron chi connectivity index (χ3n) is 6.53. The first-order valence-electron chi connectivity index (χ1n) is 10.2. The van der Waals surface area contributed by atoms with Crippen molar-refractivity contribution >= 4 is 45.7 Å². The highest BCUT2D eigenvalue weighted by Crippen LogP contribution is 2.60. The number of carbonyl (C=O) groups excluding carboxylic acids is 2. The molecule has 0 unspecified atom stereocenters. The number of hydrogen-bond donors (Lipinski definition) is 2. The van der Waals surface area contributed by atoms with E-state index in [0.29, 0.717) is 9.47 Å². The van der Waals surface area contributed by atoms with Crippen molar-refractivity contribution < 1.29 is 9.59 Å². The van der Waals surface area contributed by atoms with Gasteiger partial charge in [-0.15, -0.1) is 10.2 Å². The van der Waals surface area contributed by atoms with Crippen molar-refractivity contribution in [2.75, 3.05) is 16.4 Å². The van der Waals surface area contributed by atoms with Gasteiger partial charge in [-0.3, -0.25) is 9.59 Å². The SMILES string of the molecule is O=C(CSc1nnc(NC(=O)C23CC4CC(CC(C4)C2)C3)s1)Nc1ccccc1. The molecule has 2 aromatic rings. The quantitative estimate of drug-likeness (QED) is 0.525. The second-order valence-electron chi connectivity index (χ2n) is 8.73. The summed E-state index contributed by atoms with van der Waals surface area (Å²) in [5.74, 6) is 2.50. The number of anilines is 2. The second kappa shape index (κ2) is 7.72. The molecule has 0 radical (unpaired) electrons. The maximum absolute atomic E-state index is 13.1. The number of aromatic nitrogens is 2. The molecule has 4 aliphatic carbocycles. The van der Waals surface area contributed by atoms with Gasteiger partial charge in [0, 0.05) is 5.69 Å². The first kappa shape index (κ1) is 19.1. The molecule has 6 rings (SSSR count). The van der Waals surface area contributed by atoms with Gasteiger partial charge in [0.1, 0.15) is 0 Å². The predicted octanol–water partition coefficient (Wildman–Crippen LogP) is 4.42. The number of carbonyl (C=O) groups is 2. The van der Waals surface area contributed by atoms with Crippen molar-refractivity contribution in [1.82, 2.24) is 10.2 Å². The summed E-state index contributed by atoms with van der Waals surface area (Å²) < 4.78 is 0.689. The van der Waals surface area contributed by atoms with Crippen LogP contribution in [0.25, 0.3) is 0 Å². The highest BCUT2D eigenvalue weighted by molar-refractivity contribution is 8.01. The molecule has 1 aromatic carbocycles. The van der Waals surface area contributed by atoms with Crippen LogP contribution in [0.5, 0.6) is 0 Å². The van der Waals surface area contributed by atoms with Crippen molar-refractivity contribution in [1.29, 1.82) is 0 Å². The number of thioether (sulfide) groups is 1. The summed E-state index contributed by atoms with van der Waals surface area (Å²) >= 11 is 2.68. The van der Waals surface area contributed by atoms with E-state index in [1.165, 1.54) is 42.4 Å². The van der Waals surface area contributed by atoms with Gasteiger partial charge in [-0.25, -0.2) is 0 Å². The Morgan fingerprint density at radius 1 is 1.00 bits per heavy atom. The van der Waals surface area contributed by atoms with Crippen molar-refractivity contribution in [3.63, 3.8) is 0 Å². The molecule has 8 heteroatoms. The average molecular weight is 429 g/mol. The van der Waals surface area contributed by atoms with E-state index in [2.05, 4.69) is 20.8 Å². The number of nitrogens with zero attached hydrogens (tertiary/aromatic N) is 2. The van der Waals surface area contributed by atoms with E-state index >= 15 is 0 Å². The topological polar surface area (TPSA) is 84.0 Å². The highest BCUT2D eigenvalue weighted by atomic mass is 32.2. The number of rotatable bonds is 6. The minimum atomic E-state index is -0.191. The van der Waals surface area contributed by atoms with Crippen molar-refractivity contribution in [3.05, 3.63) is 30.3 Å². The van der Waals surface area contributed by atoms with Gasteiger partial charge in [0.05, 0.1) is 11.2 Å². The number of para-hydroxylation sites is 1. The number of nitrogens with one attached hydrogen (secondary N) is 2. The summed E-state index contributed by atoms with van der Waals surface area (Å²) in [4.78, 5) is 25.2. The zero-order valence-electron chi connectivity index (χ0n) is 16.1. The molecule has 4 aliphatic rings. The molecular formula is C21H24N4O2S2. The van der Waals surface area contributed by atoms with Crippen LogP contribution in [0.15, 0.2) is 34.7 Å². The van der Waals surface area contributed by atoms with Crippen LogP contribution in [0.2, 0.25) is 0 Å². The molecule has 1 aromatic heterocycles. The van der Waals surface area contributed by atoms with E-state index in [4.69, 9.17) is 0 Å². The zero-order valence-corrected chi connectivity index (χ0v) is 17.7. The monoisotopic (exact) mass is 428 g/mol. The van der Waals surface area contributed by atoms with Crippen LogP contribution in [-0.4, -0.2) is 27.8 Å². The molecule has 0 aliphatic heterocycles. The third kappa shape index (κ3) is 4.05. The number of benzene rings is 1. The molecule has 0 atom stereocenters. The van der Waals surface area contributed by atoms with Crippen LogP contribution in [-0.2, 0) is 9.59 Å². The minimum Gasteiger partial charge on any atom is -0.325 e. The summed E-state index contributed by atoms with van der Waals surface area (Å²) in [6, 6.07) is 9.38. The van der Waals surface area contributed by atoms with Crippen molar-refractivity contribution in [2.24, 2.45) is 23.2 Å². The summed E-state index contributed by atoms with van der Waals surface area (Å²) in [6.07, 6.45) is 7.05. The molecule has 4 bridgehead atoms. The fourth-order valence-electron chi connectivity index (χ4n) is 5.78. The lowest BCUT2D eigenvalue weighted by Gasteiger charge is -2.55. The van der Waals surface area contributed by atoms with Gasteiger partial charge >= 0.3 is 0 Å². The Balaban J connectivity index is 1.16. The summed E-state index contributed by atoms with van der Waals surface area (Å²) in [7, 11) is 0. The minimum absolute atomic E-state index is 0.0875. The molecule has 29 heavy (non-hydrogen) atoms. The van der Waals surface area contributed by atoms with Crippen LogP contribution >= 0.6 is 23.1 Å². The fourth-order valence-corrected chi connectivity index (χ4v) is 7.33. The van der Waals surface area contributed by atoms with Crippen molar-refractivity contribution in [3.8, 4) is 0 Å².